The fourth-order valence-corrected chi connectivity index (χ4v) is 4.26. The predicted octanol–water partition coefficient (Wildman–Crippen LogP) is 1.06. The molecule has 1 unspecified atom stereocenters. The van der Waals surface area contributed by atoms with E-state index in [2.05, 4.69) is 11.8 Å². The summed E-state index contributed by atoms with van der Waals surface area (Å²) in [5.74, 6) is 5.53. The van der Waals surface area contributed by atoms with Crippen LogP contribution in [0.25, 0.3) is 0 Å². The number of halogens is 1. The molecule has 0 spiro atoms. The van der Waals surface area contributed by atoms with Crippen LogP contribution in [-0.4, -0.2) is 45.1 Å². The largest absolute Gasteiger partial charge is 0.378 e. The van der Waals surface area contributed by atoms with Gasteiger partial charge >= 0.3 is 0 Å². The van der Waals surface area contributed by atoms with Crippen LogP contribution in [0.2, 0.25) is 5.02 Å². The summed E-state index contributed by atoms with van der Waals surface area (Å²) in [5.41, 5.74) is 5.94. The van der Waals surface area contributed by atoms with Crippen LogP contribution < -0.4 is 5.73 Å². The van der Waals surface area contributed by atoms with Gasteiger partial charge in [0, 0.05) is 18.2 Å². The Balaban J connectivity index is 2.36. The van der Waals surface area contributed by atoms with E-state index in [-0.39, 0.29) is 22.5 Å². The highest BCUT2D eigenvalue weighted by atomic mass is 35.5. The minimum atomic E-state index is -3.63. The summed E-state index contributed by atoms with van der Waals surface area (Å²) in [7, 11) is -3.63. The van der Waals surface area contributed by atoms with Crippen LogP contribution in [0.15, 0.2) is 23.1 Å². The predicted molar refractivity (Wildman–Crippen MR) is 81.6 cm³/mol. The lowest BCUT2D eigenvalue weighted by Crippen LogP contribution is -2.47. The van der Waals surface area contributed by atoms with Crippen LogP contribution in [-0.2, 0) is 14.8 Å². The molecule has 7 heteroatoms. The Morgan fingerprint density at radius 3 is 2.90 bits per heavy atom. The number of sulfonamides is 1. The topological polar surface area (TPSA) is 72.6 Å². The van der Waals surface area contributed by atoms with Crippen LogP contribution in [0.3, 0.4) is 0 Å². The molecule has 5 nitrogen and oxygen atoms in total. The molecule has 1 saturated heterocycles. The molecule has 2 N–H and O–H groups in total. The van der Waals surface area contributed by atoms with E-state index in [1.807, 2.05) is 6.92 Å². The van der Waals surface area contributed by atoms with Crippen LogP contribution in [0.4, 0.5) is 0 Å². The highest BCUT2D eigenvalue weighted by Gasteiger charge is 2.32. The number of hydrogen-bond acceptors (Lipinski definition) is 4. The first-order valence-electron chi connectivity index (χ1n) is 6.55. The first-order chi connectivity index (χ1) is 9.96. The van der Waals surface area contributed by atoms with Crippen LogP contribution in [0.1, 0.15) is 12.5 Å². The van der Waals surface area contributed by atoms with Gasteiger partial charge in [0.05, 0.1) is 24.8 Å². The van der Waals surface area contributed by atoms with Crippen molar-refractivity contribution >= 4 is 21.6 Å². The molecule has 1 atom stereocenters. The second-order valence-electron chi connectivity index (χ2n) is 4.69. The van der Waals surface area contributed by atoms with Gasteiger partial charge in [0.1, 0.15) is 4.90 Å². The summed E-state index contributed by atoms with van der Waals surface area (Å²) in [6.45, 7) is 3.15. The summed E-state index contributed by atoms with van der Waals surface area (Å²) in [4.78, 5) is 0.0937. The lowest BCUT2D eigenvalue weighted by Gasteiger charge is -2.32. The summed E-state index contributed by atoms with van der Waals surface area (Å²) in [6, 6.07) is 4.45. The van der Waals surface area contributed by atoms with E-state index >= 15 is 0 Å². The molecule has 1 aromatic rings. The Kier molecular flexibility index (Phi) is 5.25. The van der Waals surface area contributed by atoms with Crippen molar-refractivity contribution in [1.82, 2.24) is 4.31 Å². The SMILES string of the molecule is CC1COCCN1S(=O)(=O)c1ccc(C#CCN)cc1Cl. The lowest BCUT2D eigenvalue weighted by atomic mass is 10.2. The lowest BCUT2D eigenvalue weighted by molar-refractivity contribution is 0.0393. The van der Waals surface area contributed by atoms with Gasteiger partial charge in [-0.25, -0.2) is 8.42 Å². The monoisotopic (exact) mass is 328 g/mol. The number of morpholine rings is 1. The molecule has 0 bridgehead atoms. The minimum Gasteiger partial charge on any atom is -0.378 e. The minimum absolute atomic E-state index is 0.0937. The van der Waals surface area contributed by atoms with Crippen LogP contribution in [0, 0.1) is 11.8 Å². The van der Waals surface area contributed by atoms with E-state index in [4.69, 9.17) is 22.1 Å². The molecular formula is C14H17ClN2O3S. The Morgan fingerprint density at radius 2 is 2.29 bits per heavy atom. The first kappa shape index (κ1) is 16.3. The van der Waals surface area contributed by atoms with E-state index < -0.39 is 10.0 Å². The maximum absolute atomic E-state index is 12.7. The maximum atomic E-state index is 12.7. The van der Waals surface area contributed by atoms with Crippen molar-refractivity contribution in [2.24, 2.45) is 5.73 Å². The fraction of sp³-hybridized carbons (Fsp3) is 0.429. The van der Waals surface area contributed by atoms with Gasteiger partial charge in [-0.1, -0.05) is 23.4 Å². The molecule has 1 aliphatic heterocycles. The molecule has 1 aliphatic rings. The molecular weight excluding hydrogens is 312 g/mol. The van der Waals surface area contributed by atoms with Gasteiger partial charge in [-0.3, -0.25) is 0 Å². The van der Waals surface area contributed by atoms with Gasteiger partial charge in [-0.05, 0) is 25.1 Å². The summed E-state index contributed by atoms with van der Waals surface area (Å²) in [5, 5.41) is 0.164. The molecule has 0 radical (unpaired) electrons. The third-order valence-electron chi connectivity index (χ3n) is 3.16. The molecule has 1 fully saturated rings. The molecule has 1 heterocycles. The summed E-state index contributed by atoms with van der Waals surface area (Å²) < 4.78 is 32.0. The smallest absolute Gasteiger partial charge is 0.244 e. The number of nitrogens with zero attached hydrogens (tertiary/aromatic N) is 1. The average molecular weight is 329 g/mol. The fourth-order valence-electron chi connectivity index (χ4n) is 2.14. The van der Waals surface area contributed by atoms with Gasteiger partial charge in [0.15, 0.2) is 0 Å². The van der Waals surface area contributed by atoms with Gasteiger partial charge in [0.25, 0.3) is 0 Å². The number of benzene rings is 1. The molecule has 114 valence electrons. The number of ether oxygens (including phenoxy) is 1. The highest BCUT2D eigenvalue weighted by molar-refractivity contribution is 7.89. The zero-order valence-corrected chi connectivity index (χ0v) is 13.2. The highest BCUT2D eigenvalue weighted by Crippen LogP contribution is 2.27. The number of hydrogen-bond donors (Lipinski definition) is 1. The average Bonchev–Trinajstić information content (AvgIpc) is 2.45. The van der Waals surface area contributed by atoms with E-state index in [1.165, 1.54) is 10.4 Å². The third-order valence-corrected chi connectivity index (χ3v) is 5.66. The van der Waals surface area contributed by atoms with Crippen molar-refractivity contribution in [3.63, 3.8) is 0 Å². The summed E-state index contributed by atoms with van der Waals surface area (Å²) >= 11 is 6.12. The second kappa shape index (κ2) is 6.77. The van der Waals surface area contributed by atoms with Crippen molar-refractivity contribution < 1.29 is 13.2 Å². The number of rotatable bonds is 2. The first-order valence-corrected chi connectivity index (χ1v) is 8.36. The zero-order chi connectivity index (χ0) is 15.5. The standard InChI is InChI=1S/C14H17ClN2O3S/c1-11-10-20-8-7-17(11)21(18,19)14-5-4-12(3-2-6-16)9-13(14)15/h4-5,9,11H,6-8,10,16H2,1H3. The van der Waals surface area contributed by atoms with Crippen LogP contribution in [0.5, 0.6) is 0 Å². The normalized spacial score (nSPS) is 19.9. The molecule has 1 aromatic carbocycles. The van der Waals surface area contributed by atoms with Gasteiger partial charge in [0.2, 0.25) is 10.0 Å². The summed E-state index contributed by atoms with van der Waals surface area (Å²) in [6.07, 6.45) is 0. The third kappa shape index (κ3) is 3.57. The van der Waals surface area contributed by atoms with Crippen molar-refractivity contribution in [2.45, 2.75) is 17.9 Å². The van der Waals surface area contributed by atoms with E-state index in [9.17, 15) is 8.42 Å². The van der Waals surface area contributed by atoms with Gasteiger partial charge in [-0.15, -0.1) is 0 Å². The Labute approximate surface area is 130 Å². The molecule has 2 rings (SSSR count). The van der Waals surface area contributed by atoms with E-state index in [1.54, 1.807) is 12.1 Å². The Hall–Kier alpha value is -1.10. The Bertz CT molecular complexity index is 679. The molecule has 0 aliphatic carbocycles. The van der Waals surface area contributed by atoms with E-state index in [0.717, 1.165) is 0 Å². The molecule has 0 aromatic heterocycles. The van der Waals surface area contributed by atoms with Crippen molar-refractivity contribution in [2.75, 3.05) is 26.3 Å². The van der Waals surface area contributed by atoms with E-state index in [0.29, 0.717) is 25.3 Å². The second-order valence-corrected chi connectivity index (χ2v) is 6.96. The quantitative estimate of drug-likeness (QED) is 0.824. The molecule has 0 amide bonds. The van der Waals surface area contributed by atoms with Crippen molar-refractivity contribution in [1.29, 1.82) is 0 Å². The maximum Gasteiger partial charge on any atom is 0.244 e. The van der Waals surface area contributed by atoms with Crippen LogP contribution >= 0.6 is 11.6 Å². The van der Waals surface area contributed by atoms with Crippen molar-refractivity contribution in [3.8, 4) is 11.8 Å². The molecule has 0 saturated carbocycles. The van der Waals surface area contributed by atoms with Gasteiger partial charge < -0.3 is 10.5 Å². The zero-order valence-electron chi connectivity index (χ0n) is 11.7. The number of nitrogens with two attached hydrogens (primary N) is 1. The molecule has 21 heavy (non-hydrogen) atoms. The van der Waals surface area contributed by atoms with Gasteiger partial charge in [-0.2, -0.15) is 4.31 Å². The Morgan fingerprint density at radius 1 is 1.52 bits per heavy atom. The van der Waals surface area contributed by atoms with Crippen molar-refractivity contribution in [3.05, 3.63) is 28.8 Å².